The highest BCUT2D eigenvalue weighted by molar-refractivity contribution is 5.93. The van der Waals surface area contributed by atoms with Crippen LogP contribution >= 0.6 is 0 Å². The van der Waals surface area contributed by atoms with E-state index < -0.39 is 0 Å². The summed E-state index contributed by atoms with van der Waals surface area (Å²) in [6.45, 7) is 5.39. The van der Waals surface area contributed by atoms with Gasteiger partial charge in [0, 0.05) is 24.7 Å². The van der Waals surface area contributed by atoms with Crippen LogP contribution in [-0.2, 0) is 4.79 Å². The lowest BCUT2D eigenvalue weighted by Gasteiger charge is -2.23. The largest absolute Gasteiger partial charge is 0.335 e. The second-order valence-electron chi connectivity index (χ2n) is 3.83. The number of amides is 1. The van der Waals surface area contributed by atoms with Crippen molar-refractivity contribution in [2.45, 2.75) is 39.2 Å². The van der Waals surface area contributed by atoms with Crippen molar-refractivity contribution in [3.8, 4) is 0 Å². The summed E-state index contributed by atoms with van der Waals surface area (Å²) >= 11 is 0. The Labute approximate surface area is 86.0 Å². The molecular formula is C11H20N2O. The quantitative estimate of drug-likeness (QED) is 0.691. The molecule has 1 rings (SSSR count). The first-order valence-corrected chi connectivity index (χ1v) is 5.38. The molecule has 0 aliphatic carbocycles. The fourth-order valence-corrected chi connectivity index (χ4v) is 1.97. The Kier molecular flexibility index (Phi) is 4.14. The summed E-state index contributed by atoms with van der Waals surface area (Å²) in [5.41, 5.74) is 6.48. The Morgan fingerprint density at radius 2 is 2.36 bits per heavy atom. The Morgan fingerprint density at radius 3 is 2.93 bits per heavy atom. The molecule has 1 aliphatic heterocycles. The molecule has 1 unspecified atom stereocenters. The van der Waals surface area contributed by atoms with E-state index in [0.717, 1.165) is 31.4 Å². The molecule has 0 saturated carbocycles. The Hall–Kier alpha value is -0.830. The van der Waals surface area contributed by atoms with Crippen molar-refractivity contribution >= 4 is 5.91 Å². The molecule has 1 fully saturated rings. The molecular weight excluding hydrogens is 176 g/mol. The van der Waals surface area contributed by atoms with Gasteiger partial charge in [0.2, 0.25) is 5.91 Å². The summed E-state index contributed by atoms with van der Waals surface area (Å²) in [5.74, 6) is 0.166. The average Bonchev–Trinajstić information content (AvgIpc) is 2.64. The fraction of sp³-hybridized carbons (Fsp3) is 0.727. The number of hydrogen-bond acceptors (Lipinski definition) is 2. The number of rotatable bonds is 3. The van der Waals surface area contributed by atoms with E-state index in [1.54, 1.807) is 0 Å². The molecule has 80 valence electrons. The van der Waals surface area contributed by atoms with Gasteiger partial charge in [-0.2, -0.15) is 0 Å². The standard InChI is InChI=1S/C11H20N2O/c1-3-5-9(2)11(14)13-7-4-6-10(13)8-12/h5,10H,3-4,6-8,12H2,1-2H3/b9-5+. The Balaban J connectivity index is 2.64. The minimum absolute atomic E-state index is 0.166. The fourth-order valence-electron chi connectivity index (χ4n) is 1.97. The molecule has 3 nitrogen and oxygen atoms in total. The van der Waals surface area contributed by atoms with Crippen molar-refractivity contribution in [2.75, 3.05) is 13.1 Å². The van der Waals surface area contributed by atoms with E-state index in [2.05, 4.69) is 0 Å². The van der Waals surface area contributed by atoms with Crippen LogP contribution in [0, 0.1) is 0 Å². The summed E-state index contributed by atoms with van der Waals surface area (Å²) < 4.78 is 0. The first-order valence-electron chi connectivity index (χ1n) is 5.38. The van der Waals surface area contributed by atoms with Gasteiger partial charge in [0.25, 0.3) is 0 Å². The molecule has 0 aromatic rings. The lowest BCUT2D eigenvalue weighted by Crippen LogP contribution is -2.40. The smallest absolute Gasteiger partial charge is 0.249 e. The van der Waals surface area contributed by atoms with Gasteiger partial charge in [-0.3, -0.25) is 4.79 Å². The maximum Gasteiger partial charge on any atom is 0.249 e. The van der Waals surface area contributed by atoms with Crippen LogP contribution < -0.4 is 5.73 Å². The number of carbonyl (C=O) groups is 1. The summed E-state index contributed by atoms with van der Waals surface area (Å²) in [4.78, 5) is 13.8. The van der Waals surface area contributed by atoms with Gasteiger partial charge in [0.05, 0.1) is 0 Å². The first-order chi connectivity index (χ1) is 6.70. The second kappa shape index (κ2) is 5.15. The number of likely N-dealkylation sites (tertiary alicyclic amines) is 1. The third kappa shape index (κ3) is 2.35. The summed E-state index contributed by atoms with van der Waals surface area (Å²) in [6.07, 6.45) is 5.04. The minimum atomic E-state index is 0.166. The summed E-state index contributed by atoms with van der Waals surface area (Å²) in [5, 5.41) is 0. The molecule has 1 aliphatic rings. The van der Waals surface area contributed by atoms with Gasteiger partial charge < -0.3 is 10.6 Å². The van der Waals surface area contributed by atoms with Crippen LogP contribution in [0.15, 0.2) is 11.6 Å². The second-order valence-corrected chi connectivity index (χ2v) is 3.83. The maximum absolute atomic E-state index is 11.9. The van der Waals surface area contributed by atoms with Crippen molar-refractivity contribution in [1.82, 2.24) is 4.90 Å². The van der Waals surface area contributed by atoms with Crippen molar-refractivity contribution in [3.63, 3.8) is 0 Å². The van der Waals surface area contributed by atoms with E-state index in [1.807, 2.05) is 24.8 Å². The summed E-state index contributed by atoms with van der Waals surface area (Å²) in [6, 6.07) is 0.266. The van der Waals surface area contributed by atoms with E-state index in [4.69, 9.17) is 5.73 Å². The zero-order valence-corrected chi connectivity index (χ0v) is 9.12. The van der Waals surface area contributed by atoms with Crippen LogP contribution in [0.2, 0.25) is 0 Å². The van der Waals surface area contributed by atoms with Crippen LogP contribution in [0.25, 0.3) is 0 Å². The number of nitrogens with two attached hydrogens (primary N) is 1. The molecule has 2 N–H and O–H groups in total. The monoisotopic (exact) mass is 196 g/mol. The van der Waals surface area contributed by atoms with Crippen LogP contribution in [-0.4, -0.2) is 29.9 Å². The molecule has 0 bridgehead atoms. The Bertz CT molecular complexity index is 235. The van der Waals surface area contributed by atoms with E-state index in [0.29, 0.717) is 6.54 Å². The van der Waals surface area contributed by atoms with E-state index in [1.165, 1.54) is 0 Å². The van der Waals surface area contributed by atoms with Crippen molar-refractivity contribution in [3.05, 3.63) is 11.6 Å². The zero-order valence-electron chi connectivity index (χ0n) is 9.12. The van der Waals surface area contributed by atoms with Crippen molar-refractivity contribution in [2.24, 2.45) is 5.73 Å². The van der Waals surface area contributed by atoms with Gasteiger partial charge in [-0.1, -0.05) is 13.0 Å². The van der Waals surface area contributed by atoms with Crippen LogP contribution in [0.5, 0.6) is 0 Å². The Morgan fingerprint density at radius 1 is 1.64 bits per heavy atom. The lowest BCUT2D eigenvalue weighted by molar-refractivity contribution is -0.127. The SMILES string of the molecule is CC/C=C(\C)C(=O)N1CCCC1CN. The lowest BCUT2D eigenvalue weighted by atomic mass is 10.2. The van der Waals surface area contributed by atoms with Crippen LogP contribution in [0.4, 0.5) is 0 Å². The third-order valence-corrected chi connectivity index (χ3v) is 2.76. The van der Waals surface area contributed by atoms with Gasteiger partial charge in [-0.15, -0.1) is 0 Å². The van der Waals surface area contributed by atoms with Gasteiger partial charge in [-0.25, -0.2) is 0 Å². The molecule has 0 aromatic heterocycles. The van der Waals surface area contributed by atoms with Gasteiger partial charge in [0.1, 0.15) is 0 Å². The number of hydrogen-bond donors (Lipinski definition) is 1. The van der Waals surface area contributed by atoms with Gasteiger partial charge in [-0.05, 0) is 26.2 Å². The van der Waals surface area contributed by atoms with E-state index in [-0.39, 0.29) is 11.9 Å². The molecule has 1 saturated heterocycles. The third-order valence-electron chi connectivity index (χ3n) is 2.76. The van der Waals surface area contributed by atoms with Gasteiger partial charge >= 0.3 is 0 Å². The summed E-state index contributed by atoms with van der Waals surface area (Å²) in [7, 11) is 0. The zero-order chi connectivity index (χ0) is 10.6. The molecule has 3 heteroatoms. The van der Waals surface area contributed by atoms with E-state index >= 15 is 0 Å². The molecule has 1 atom stereocenters. The first kappa shape index (κ1) is 11.2. The highest BCUT2D eigenvalue weighted by Gasteiger charge is 2.27. The molecule has 0 aromatic carbocycles. The molecule has 0 spiro atoms. The van der Waals surface area contributed by atoms with E-state index in [9.17, 15) is 4.79 Å². The highest BCUT2D eigenvalue weighted by Crippen LogP contribution is 2.18. The number of nitrogens with zero attached hydrogens (tertiary/aromatic N) is 1. The average molecular weight is 196 g/mol. The molecule has 14 heavy (non-hydrogen) atoms. The molecule has 0 radical (unpaired) electrons. The van der Waals surface area contributed by atoms with Crippen molar-refractivity contribution in [1.29, 1.82) is 0 Å². The predicted octanol–water partition coefficient (Wildman–Crippen LogP) is 1.29. The number of allylic oxidation sites excluding steroid dienone is 1. The maximum atomic E-state index is 11.9. The number of carbonyl (C=O) groups excluding carboxylic acids is 1. The van der Waals surface area contributed by atoms with Crippen LogP contribution in [0.3, 0.4) is 0 Å². The minimum Gasteiger partial charge on any atom is -0.335 e. The highest BCUT2D eigenvalue weighted by atomic mass is 16.2. The topological polar surface area (TPSA) is 46.3 Å². The normalized spacial score (nSPS) is 22.9. The molecule has 1 amide bonds. The van der Waals surface area contributed by atoms with Crippen molar-refractivity contribution < 1.29 is 4.79 Å². The van der Waals surface area contributed by atoms with Gasteiger partial charge in [0.15, 0.2) is 0 Å². The molecule has 1 heterocycles. The predicted molar refractivity (Wildman–Crippen MR) is 57.8 cm³/mol. The van der Waals surface area contributed by atoms with Crippen LogP contribution in [0.1, 0.15) is 33.1 Å².